The first-order valence-electron chi connectivity index (χ1n) is 13.2. The summed E-state index contributed by atoms with van der Waals surface area (Å²) in [6.07, 6.45) is 10.3. The molecule has 0 amide bonds. The minimum atomic E-state index is -0.322. The predicted molar refractivity (Wildman–Crippen MR) is 141 cm³/mol. The van der Waals surface area contributed by atoms with E-state index in [9.17, 15) is 4.79 Å². The quantitative estimate of drug-likeness (QED) is 0.165. The fourth-order valence-corrected chi connectivity index (χ4v) is 7.24. The third-order valence-corrected chi connectivity index (χ3v) is 8.49. The second kappa shape index (κ2) is 10.8. The SMILES string of the molecule is COCCOCOc1cc(/C(C)=C/c2ccc(C(=O)OC)cc2)ccc1C12CC3CC(CC(C3)C1)C2. The predicted octanol–water partition coefficient (Wildman–Crippen LogP) is 6.50. The molecule has 0 spiro atoms. The van der Waals surface area contributed by atoms with Gasteiger partial charge in [-0.3, -0.25) is 0 Å². The normalized spacial score (nSPS) is 26.8. The fraction of sp³-hybridized carbons (Fsp3) is 0.516. The van der Waals surface area contributed by atoms with Crippen LogP contribution in [0.15, 0.2) is 42.5 Å². The smallest absolute Gasteiger partial charge is 0.337 e. The van der Waals surface area contributed by atoms with Gasteiger partial charge in [-0.25, -0.2) is 4.79 Å². The van der Waals surface area contributed by atoms with Gasteiger partial charge < -0.3 is 18.9 Å². The molecule has 0 atom stereocenters. The largest absolute Gasteiger partial charge is 0.467 e. The molecule has 2 aromatic rings. The third kappa shape index (κ3) is 5.23. The van der Waals surface area contributed by atoms with Gasteiger partial charge in [0.1, 0.15) is 5.75 Å². The average molecular weight is 491 g/mol. The Morgan fingerprint density at radius 2 is 1.56 bits per heavy atom. The van der Waals surface area contributed by atoms with Crippen molar-refractivity contribution >= 4 is 17.6 Å². The lowest BCUT2D eigenvalue weighted by atomic mass is 9.48. The number of ether oxygens (including phenoxy) is 4. The van der Waals surface area contributed by atoms with Crippen molar-refractivity contribution in [1.29, 1.82) is 0 Å². The second-order valence-corrected chi connectivity index (χ2v) is 11.0. The van der Waals surface area contributed by atoms with Crippen LogP contribution in [0, 0.1) is 17.8 Å². The minimum Gasteiger partial charge on any atom is -0.467 e. The van der Waals surface area contributed by atoms with Crippen LogP contribution in [0.1, 0.15) is 72.5 Å². The van der Waals surface area contributed by atoms with Crippen LogP contribution in [0.5, 0.6) is 5.75 Å². The Balaban J connectivity index is 1.41. The first kappa shape index (κ1) is 25.0. The van der Waals surface area contributed by atoms with Crippen LogP contribution >= 0.6 is 0 Å². The summed E-state index contributed by atoms with van der Waals surface area (Å²) >= 11 is 0. The van der Waals surface area contributed by atoms with Crippen molar-refractivity contribution in [1.82, 2.24) is 0 Å². The fourth-order valence-electron chi connectivity index (χ4n) is 7.24. The standard InChI is InChI=1S/C31H38O5/c1-21(12-22-4-6-26(7-5-22)30(32)34-3)27-8-9-28(29(16-27)36-20-35-11-10-33-2)31-17-23-13-24(18-31)15-25(14-23)19-31/h4-9,12,16,23-25H,10-11,13-15,17-20H2,1-3H3/b21-12+. The maximum Gasteiger partial charge on any atom is 0.337 e. The average Bonchev–Trinajstić information content (AvgIpc) is 2.87. The first-order chi connectivity index (χ1) is 17.5. The van der Waals surface area contributed by atoms with E-state index in [1.807, 2.05) is 12.1 Å². The Bertz CT molecular complexity index is 1070. The molecule has 5 nitrogen and oxygen atoms in total. The van der Waals surface area contributed by atoms with Crippen LogP contribution in [0.25, 0.3) is 11.6 Å². The van der Waals surface area contributed by atoms with Crippen LogP contribution in [0.3, 0.4) is 0 Å². The molecule has 2 aromatic carbocycles. The molecule has 4 aliphatic carbocycles. The van der Waals surface area contributed by atoms with E-state index < -0.39 is 0 Å². The molecule has 0 aliphatic heterocycles. The molecule has 4 bridgehead atoms. The molecule has 0 unspecified atom stereocenters. The molecule has 0 saturated heterocycles. The summed E-state index contributed by atoms with van der Waals surface area (Å²) in [6, 6.07) is 14.3. The van der Waals surface area contributed by atoms with Crippen LogP contribution in [0.2, 0.25) is 0 Å². The summed E-state index contributed by atoms with van der Waals surface area (Å²) in [7, 11) is 3.08. The number of esters is 1. The summed E-state index contributed by atoms with van der Waals surface area (Å²) in [5.74, 6) is 3.25. The van der Waals surface area contributed by atoms with Gasteiger partial charge in [0.15, 0.2) is 6.79 Å². The number of allylic oxidation sites excluding steroid dienone is 1. The van der Waals surface area contributed by atoms with E-state index in [4.69, 9.17) is 18.9 Å². The number of hydrogen-bond acceptors (Lipinski definition) is 5. The maximum absolute atomic E-state index is 11.7. The number of carbonyl (C=O) groups excluding carboxylic acids is 1. The molecule has 5 heteroatoms. The van der Waals surface area contributed by atoms with E-state index in [-0.39, 0.29) is 18.2 Å². The summed E-state index contributed by atoms with van der Waals surface area (Å²) < 4.78 is 21.9. The number of benzene rings is 2. The Morgan fingerprint density at radius 3 is 2.17 bits per heavy atom. The van der Waals surface area contributed by atoms with Gasteiger partial charge in [0.2, 0.25) is 0 Å². The molecule has 6 rings (SSSR count). The van der Waals surface area contributed by atoms with Gasteiger partial charge in [-0.1, -0.05) is 30.3 Å². The van der Waals surface area contributed by atoms with Crippen LogP contribution in [-0.2, 0) is 19.6 Å². The summed E-state index contributed by atoms with van der Waals surface area (Å²) in [6.45, 7) is 3.42. The van der Waals surface area contributed by atoms with Gasteiger partial charge >= 0.3 is 5.97 Å². The van der Waals surface area contributed by atoms with Crippen molar-refractivity contribution in [2.45, 2.75) is 50.9 Å². The van der Waals surface area contributed by atoms with Gasteiger partial charge in [0.25, 0.3) is 0 Å². The maximum atomic E-state index is 11.7. The number of methoxy groups -OCH3 is 2. The van der Waals surface area contributed by atoms with Gasteiger partial charge in [-0.05, 0) is 104 Å². The lowest BCUT2D eigenvalue weighted by molar-refractivity contribution is -0.0189. The van der Waals surface area contributed by atoms with E-state index in [1.54, 1.807) is 19.2 Å². The van der Waals surface area contributed by atoms with Crippen molar-refractivity contribution in [3.05, 3.63) is 64.7 Å². The molecule has 4 fully saturated rings. The van der Waals surface area contributed by atoms with Crippen molar-refractivity contribution in [3.63, 3.8) is 0 Å². The van der Waals surface area contributed by atoms with Gasteiger partial charge in [0.05, 0.1) is 25.9 Å². The van der Waals surface area contributed by atoms with E-state index in [2.05, 4.69) is 31.2 Å². The molecule has 0 aromatic heterocycles. The third-order valence-electron chi connectivity index (χ3n) is 8.49. The summed E-state index contributed by atoms with van der Waals surface area (Å²) in [5.41, 5.74) is 5.48. The van der Waals surface area contributed by atoms with Crippen molar-refractivity contribution < 1.29 is 23.7 Å². The van der Waals surface area contributed by atoms with Crippen molar-refractivity contribution in [2.24, 2.45) is 17.8 Å². The van der Waals surface area contributed by atoms with E-state index in [0.717, 1.165) is 40.2 Å². The molecule has 0 N–H and O–H groups in total. The second-order valence-electron chi connectivity index (χ2n) is 11.0. The number of hydrogen-bond donors (Lipinski definition) is 0. The highest BCUT2D eigenvalue weighted by atomic mass is 16.7. The molecule has 0 heterocycles. The molecule has 4 saturated carbocycles. The zero-order valence-corrected chi connectivity index (χ0v) is 21.8. The number of carbonyl (C=O) groups is 1. The molecular weight excluding hydrogens is 452 g/mol. The zero-order valence-electron chi connectivity index (χ0n) is 21.8. The topological polar surface area (TPSA) is 54.0 Å². The van der Waals surface area contributed by atoms with Crippen LogP contribution in [0.4, 0.5) is 0 Å². The van der Waals surface area contributed by atoms with Crippen LogP contribution < -0.4 is 4.74 Å². The van der Waals surface area contributed by atoms with Crippen LogP contribution in [-0.4, -0.2) is 40.2 Å². The monoisotopic (exact) mass is 490 g/mol. The van der Waals surface area contributed by atoms with Gasteiger partial charge in [-0.15, -0.1) is 0 Å². The number of rotatable bonds is 10. The molecule has 4 aliphatic rings. The summed E-state index contributed by atoms with van der Waals surface area (Å²) in [4.78, 5) is 11.7. The van der Waals surface area contributed by atoms with E-state index >= 15 is 0 Å². The minimum absolute atomic E-state index is 0.226. The van der Waals surface area contributed by atoms with E-state index in [1.165, 1.54) is 51.2 Å². The van der Waals surface area contributed by atoms with Crippen molar-refractivity contribution in [2.75, 3.05) is 34.2 Å². The Labute approximate surface area is 214 Å². The highest BCUT2D eigenvalue weighted by molar-refractivity contribution is 5.90. The van der Waals surface area contributed by atoms with Gasteiger partial charge in [0, 0.05) is 12.7 Å². The highest BCUT2D eigenvalue weighted by Crippen LogP contribution is 2.62. The Morgan fingerprint density at radius 1 is 0.917 bits per heavy atom. The Hall–Kier alpha value is -2.63. The zero-order chi connectivity index (χ0) is 25.1. The van der Waals surface area contributed by atoms with Crippen molar-refractivity contribution in [3.8, 4) is 5.75 Å². The lowest BCUT2D eigenvalue weighted by Crippen LogP contribution is -2.48. The summed E-state index contributed by atoms with van der Waals surface area (Å²) in [5, 5.41) is 0. The first-order valence-corrected chi connectivity index (χ1v) is 13.2. The van der Waals surface area contributed by atoms with E-state index in [0.29, 0.717) is 18.8 Å². The molecule has 36 heavy (non-hydrogen) atoms. The molecular formula is C31H38O5. The Kier molecular flexibility index (Phi) is 7.49. The molecule has 0 radical (unpaired) electrons. The highest BCUT2D eigenvalue weighted by Gasteiger charge is 2.52. The van der Waals surface area contributed by atoms with Gasteiger partial charge in [-0.2, -0.15) is 0 Å². The lowest BCUT2D eigenvalue weighted by Gasteiger charge is -2.57. The molecule has 192 valence electrons.